The van der Waals surface area contributed by atoms with Gasteiger partial charge in [0.1, 0.15) is 11.6 Å². The topological polar surface area (TPSA) is 64.0 Å². The number of carbonyl (C=O) groups is 1. The lowest BCUT2D eigenvalue weighted by Gasteiger charge is -2.19. The Morgan fingerprint density at radius 1 is 1.41 bits per heavy atom. The van der Waals surface area contributed by atoms with Crippen LogP contribution in [-0.4, -0.2) is 15.5 Å². The highest BCUT2D eigenvalue weighted by atomic mass is 35.5. The van der Waals surface area contributed by atoms with Crippen LogP contribution in [0, 0.1) is 0 Å². The number of halogens is 4. The summed E-state index contributed by atoms with van der Waals surface area (Å²) in [7, 11) is 0. The van der Waals surface area contributed by atoms with Crippen molar-refractivity contribution >= 4 is 17.5 Å². The molecule has 0 bridgehead atoms. The summed E-state index contributed by atoms with van der Waals surface area (Å²) >= 11 is 5.61. The highest BCUT2D eigenvalue weighted by Crippen LogP contribution is 2.29. The largest absolute Gasteiger partial charge is 0.417 e. The third kappa shape index (κ3) is 5.82. The fraction of sp³-hybridized carbons (Fsp3) is 0.389. The van der Waals surface area contributed by atoms with Gasteiger partial charge in [0.15, 0.2) is 0 Å². The maximum Gasteiger partial charge on any atom is 0.417 e. The molecule has 146 valence electrons. The van der Waals surface area contributed by atoms with E-state index in [4.69, 9.17) is 11.6 Å². The summed E-state index contributed by atoms with van der Waals surface area (Å²) < 4.78 is 39.4. The van der Waals surface area contributed by atoms with E-state index in [9.17, 15) is 22.8 Å². The van der Waals surface area contributed by atoms with Crippen molar-refractivity contribution in [1.82, 2.24) is 14.9 Å². The molecule has 2 heterocycles. The van der Waals surface area contributed by atoms with Gasteiger partial charge in [-0.05, 0) is 24.1 Å². The van der Waals surface area contributed by atoms with Gasteiger partial charge in [0.25, 0.3) is 5.56 Å². The zero-order valence-corrected chi connectivity index (χ0v) is 15.3. The first kappa shape index (κ1) is 21.0. The number of unbranched alkanes of at least 4 members (excludes halogenated alkanes) is 1. The minimum Gasteiger partial charge on any atom is -0.348 e. The van der Waals surface area contributed by atoms with E-state index >= 15 is 0 Å². The van der Waals surface area contributed by atoms with Gasteiger partial charge >= 0.3 is 6.18 Å². The molecule has 0 radical (unpaired) electrons. The summed E-state index contributed by atoms with van der Waals surface area (Å²) in [4.78, 5) is 28.4. The molecule has 1 unspecified atom stereocenters. The Balaban J connectivity index is 2.20. The lowest BCUT2D eigenvalue weighted by Crippen LogP contribution is -2.35. The van der Waals surface area contributed by atoms with Crippen molar-refractivity contribution < 1.29 is 18.0 Å². The van der Waals surface area contributed by atoms with E-state index in [1.165, 1.54) is 0 Å². The molecular weight excluding hydrogens is 383 g/mol. The number of amides is 1. The summed E-state index contributed by atoms with van der Waals surface area (Å²) in [6.45, 7) is 1.44. The molecule has 0 saturated heterocycles. The van der Waals surface area contributed by atoms with E-state index in [2.05, 4.69) is 10.3 Å². The second kappa shape index (κ2) is 9.03. The first-order valence-electron chi connectivity index (χ1n) is 8.38. The van der Waals surface area contributed by atoms with Gasteiger partial charge in [-0.1, -0.05) is 37.4 Å². The van der Waals surface area contributed by atoms with Crippen LogP contribution in [0.2, 0.25) is 5.02 Å². The smallest absolute Gasteiger partial charge is 0.348 e. The molecule has 0 fully saturated rings. The predicted molar refractivity (Wildman–Crippen MR) is 95.4 cm³/mol. The molecule has 0 aliphatic carbocycles. The fourth-order valence-corrected chi connectivity index (χ4v) is 2.81. The molecule has 0 aliphatic heterocycles. The van der Waals surface area contributed by atoms with Crippen LogP contribution in [0.5, 0.6) is 0 Å². The monoisotopic (exact) mass is 401 g/mol. The van der Waals surface area contributed by atoms with E-state index in [0.717, 1.165) is 18.4 Å². The van der Waals surface area contributed by atoms with E-state index in [-0.39, 0.29) is 6.04 Å². The van der Waals surface area contributed by atoms with Crippen LogP contribution in [0.4, 0.5) is 13.2 Å². The third-order valence-electron chi connectivity index (χ3n) is 3.95. The first-order chi connectivity index (χ1) is 12.7. The van der Waals surface area contributed by atoms with Crippen molar-refractivity contribution in [2.75, 3.05) is 0 Å². The summed E-state index contributed by atoms with van der Waals surface area (Å²) in [5.74, 6) is -0.586. The van der Waals surface area contributed by atoms with Crippen molar-refractivity contribution in [3.05, 3.63) is 63.3 Å². The zero-order chi connectivity index (χ0) is 20.0. The van der Waals surface area contributed by atoms with E-state index in [0.29, 0.717) is 23.3 Å². The number of alkyl halides is 3. The number of aromatic nitrogens is 2. The first-order valence-corrected chi connectivity index (χ1v) is 8.76. The van der Waals surface area contributed by atoms with Crippen LogP contribution in [0.15, 0.2) is 41.6 Å². The molecular formula is C18H19ClF3N3O2. The number of hydrogen-bond acceptors (Lipinski definition) is 3. The van der Waals surface area contributed by atoms with Crippen LogP contribution >= 0.6 is 11.6 Å². The highest BCUT2D eigenvalue weighted by molar-refractivity contribution is 6.30. The molecule has 1 N–H and O–H groups in total. The molecule has 0 aliphatic rings. The second-order valence-corrected chi connectivity index (χ2v) is 6.46. The van der Waals surface area contributed by atoms with Gasteiger partial charge in [0.2, 0.25) is 5.91 Å². The summed E-state index contributed by atoms with van der Waals surface area (Å²) in [6.07, 6.45) is 1.55. The molecule has 9 heteroatoms. The average Bonchev–Trinajstić information content (AvgIpc) is 2.62. The molecule has 1 atom stereocenters. The SMILES string of the molecule is CCCCC(NC(=O)Cn1cc(C(F)(F)F)cc(Cl)c1=O)c1cccnc1. The number of rotatable bonds is 7. The van der Waals surface area contributed by atoms with Crippen LogP contribution in [-0.2, 0) is 17.5 Å². The van der Waals surface area contributed by atoms with Crippen molar-refractivity contribution in [2.45, 2.75) is 44.9 Å². The Hall–Kier alpha value is -2.35. The Kier molecular flexibility index (Phi) is 7.01. The Bertz CT molecular complexity index is 838. The van der Waals surface area contributed by atoms with Gasteiger partial charge in [0, 0.05) is 18.6 Å². The number of nitrogens with zero attached hydrogens (tertiary/aromatic N) is 2. The number of pyridine rings is 2. The third-order valence-corrected chi connectivity index (χ3v) is 4.22. The standard InChI is InChI=1S/C18H19ClF3N3O2/c1-2-3-6-15(12-5-4-7-23-9-12)24-16(26)11-25-10-13(18(20,21)22)8-14(19)17(25)27/h4-5,7-10,15H,2-3,6,11H2,1H3,(H,24,26). The molecule has 2 aromatic rings. The molecule has 0 aromatic carbocycles. The predicted octanol–water partition coefficient (Wildman–Crippen LogP) is 3.96. The molecule has 1 amide bonds. The highest BCUT2D eigenvalue weighted by Gasteiger charge is 2.32. The molecule has 2 aromatic heterocycles. The van der Waals surface area contributed by atoms with Crippen LogP contribution in [0.3, 0.4) is 0 Å². The van der Waals surface area contributed by atoms with Gasteiger partial charge in [-0.15, -0.1) is 0 Å². The van der Waals surface area contributed by atoms with Gasteiger partial charge in [-0.3, -0.25) is 14.6 Å². The Morgan fingerprint density at radius 3 is 2.74 bits per heavy atom. The molecule has 0 spiro atoms. The van der Waals surface area contributed by atoms with Crippen LogP contribution in [0.25, 0.3) is 0 Å². The van der Waals surface area contributed by atoms with Crippen molar-refractivity contribution in [3.8, 4) is 0 Å². The normalized spacial score (nSPS) is 12.6. The second-order valence-electron chi connectivity index (χ2n) is 6.06. The summed E-state index contributed by atoms with van der Waals surface area (Å²) in [5, 5.41) is 2.17. The van der Waals surface area contributed by atoms with Crippen molar-refractivity contribution in [1.29, 1.82) is 0 Å². The van der Waals surface area contributed by atoms with Gasteiger partial charge in [-0.25, -0.2) is 0 Å². The maximum atomic E-state index is 12.9. The zero-order valence-electron chi connectivity index (χ0n) is 14.6. The van der Waals surface area contributed by atoms with Gasteiger partial charge < -0.3 is 9.88 Å². The lowest BCUT2D eigenvalue weighted by molar-refractivity contribution is -0.138. The quantitative estimate of drug-likeness (QED) is 0.763. The number of hydrogen-bond donors (Lipinski definition) is 1. The molecule has 5 nitrogen and oxygen atoms in total. The minimum atomic E-state index is -4.67. The van der Waals surface area contributed by atoms with Crippen molar-refractivity contribution in [2.24, 2.45) is 0 Å². The van der Waals surface area contributed by atoms with E-state index in [1.807, 2.05) is 6.92 Å². The lowest BCUT2D eigenvalue weighted by atomic mass is 10.0. The Labute approximate surface area is 159 Å². The summed E-state index contributed by atoms with van der Waals surface area (Å²) in [5.41, 5.74) is -1.16. The summed E-state index contributed by atoms with van der Waals surface area (Å²) in [6, 6.07) is 3.75. The number of nitrogens with one attached hydrogen (secondary N) is 1. The van der Waals surface area contributed by atoms with E-state index < -0.39 is 34.8 Å². The Morgan fingerprint density at radius 2 is 2.15 bits per heavy atom. The van der Waals surface area contributed by atoms with Gasteiger partial charge in [0.05, 0.1) is 11.6 Å². The number of carbonyl (C=O) groups excluding carboxylic acids is 1. The van der Waals surface area contributed by atoms with Crippen molar-refractivity contribution in [3.63, 3.8) is 0 Å². The van der Waals surface area contributed by atoms with E-state index in [1.54, 1.807) is 24.5 Å². The van der Waals surface area contributed by atoms with Gasteiger partial charge in [-0.2, -0.15) is 13.2 Å². The fourth-order valence-electron chi connectivity index (χ4n) is 2.58. The minimum absolute atomic E-state index is 0.344. The van der Waals surface area contributed by atoms with Crippen LogP contribution in [0.1, 0.15) is 43.4 Å². The molecule has 0 saturated carbocycles. The van der Waals surface area contributed by atoms with Crippen LogP contribution < -0.4 is 10.9 Å². The molecule has 2 rings (SSSR count). The molecule has 27 heavy (non-hydrogen) atoms. The average molecular weight is 402 g/mol. The maximum absolute atomic E-state index is 12.9.